The summed E-state index contributed by atoms with van der Waals surface area (Å²) in [6, 6.07) is 4.21. The molecular weight excluding hydrogens is 254 g/mol. The second-order valence-electron chi connectivity index (χ2n) is 5.30. The smallest absolute Gasteiger partial charge is 0.251 e. The maximum atomic E-state index is 12.0. The molecule has 0 bridgehead atoms. The second-order valence-corrected chi connectivity index (χ2v) is 5.71. The summed E-state index contributed by atoms with van der Waals surface area (Å²) in [4.78, 5) is 12.0. The van der Waals surface area contributed by atoms with Crippen LogP contribution in [0.4, 0.5) is 0 Å². The third-order valence-corrected chi connectivity index (χ3v) is 3.47. The van der Waals surface area contributed by atoms with Gasteiger partial charge in [0.1, 0.15) is 5.75 Å². The Morgan fingerprint density at radius 1 is 1.28 bits per heavy atom. The fraction of sp³-hybridized carbons (Fsp3) is 0.462. The van der Waals surface area contributed by atoms with E-state index in [4.69, 9.17) is 11.6 Å². The van der Waals surface area contributed by atoms with Gasteiger partial charge in [0.25, 0.3) is 5.91 Å². The van der Waals surface area contributed by atoms with Gasteiger partial charge in [-0.05, 0) is 45.9 Å². The van der Waals surface area contributed by atoms with Crippen molar-refractivity contribution in [2.24, 2.45) is 0 Å². The van der Waals surface area contributed by atoms with Crippen LogP contribution in [-0.4, -0.2) is 27.3 Å². The summed E-state index contributed by atoms with van der Waals surface area (Å²) in [7, 11) is 0. The number of phenolic OH excluding ortho intramolecular Hbond substituents is 1. The van der Waals surface area contributed by atoms with Gasteiger partial charge in [0.2, 0.25) is 0 Å². The van der Waals surface area contributed by atoms with E-state index < -0.39 is 11.1 Å². The molecule has 18 heavy (non-hydrogen) atoms. The van der Waals surface area contributed by atoms with Crippen LogP contribution in [0.1, 0.15) is 38.1 Å². The topological polar surface area (TPSA) is 69.6 Å². The third kappa shape index (κ3) is 3.15. The monoisotopic (exact) mass is 271 g/mol. The largest absolute Gasteiger partial charge is 0.506 e. The first-order chi connectivity index (χ1) is 8.04. The van der Waals surface area contributed by atoms with Crippen molar-refractivity contribution in [2.45, 2.75) is 38.8 Å². The van der Waals surface area contributed by atoms with Gasteiger partial charge in [0.15, 0.2) is 0 Å². The van der Waals surface area contributed by atoms with Crippen molar-refractivity contribution in [3.63, 3.8) is 0 Å². The summed E-state index contributed by atoms with van der Waals surface area (Å²) in [5, 5.41) is 22.1. The van der Waals surface area contributed by atoms with Crippen molar-refractivity contribution >= 4 is 17.5 Å². The first-order valence-electron chi connectivity index (χ1n) is 5.58. The molecular formula is C13H18ClNO3. The SMILES string of the molecule is CC(C)(O)C(C)(C)NC(=O)c1ccc(O)c(Cl)c1. The molecule has 0 radical (unpaired) electrons. The lowest BCUT2D eigenvalue weighted by Gasteiger charge is -2.38. The summed E-state index contributed by atoms with van der Waals surface area (Å²) in [6.45, 7) is 6.70. The van der Waals surface area contributed by atoms with Crippen LogP contribution in [0, 0.1) is 0 Å². The zero-order valence-corrected chi connectivity index (χ0v) is 11.7. The predicted molar refractivity (Wildman–Crippen MR) is 71.0 cm³/mol. The molecule has 3 N–H and O–H groups in total. The summed E-state index contributed by atoms with van der Waals surface area (Å²) in [5.41, 5.74) is -1.53. The zero-order valence-electron chi connectivity index (χ0n) is 10.9. The minimum atomic E-state index is -1.07. The summed E-state index contributed by atoms with van der Waals surface area (Å²) in [5.74, 6) is -0.431. The molecule has 0 spiro atoms. The fourth-order valence-corrected chi connectivity index (χ4v) is 1.34. The van der Waals surface area contributed by atoms with Crippen molar-refractivity contribution < 1.29 is 15.0 Å². The van der Waals surface area contributed by atoms with Crippen molar-refractivity contribution in [2.75, 3.05) is 0 Å². The van der Waals surface area contributed by atoms with E-state index in [2.05, 4.69) is 5.32 Å². The summed E-state index contributed by atoms with van der Waals surface area (Å²) >= 11 is 5.74. The lowest BCUT2D eigenvalue weighted by molar-refractivity contribution is -0.00292. The van der Waals surface area contributed by atoms with Crippen LogP contribution >= 0.6 is 11.6 Å². The number of phenols is 1. The molecule has 5 heteroatoms. The van der Waals surface area contributed by atoms with Crippen LogP contribution in [0.5, 0.6) is 5.75 Å². The molecule has 0 fully saturated rings. The average molecular weight is 272 g/mol. The molecule has 0 atom stereocenters. The Morgan fingerprint density at radius 2 is 1.83 bits per heavy atom. The van der Waals surface area contributed by atoms with E-state index in [9.17, 15) is 15.0 Å². The van der Waals surface area contributed by atoms with Gasteiger partial charge < -0.3 is 15.5 Å². The van der Waals surface area contributed by atoms with Gasteiger partial charge in [-0.2, -0.15) is 0 Å². The highest BCUT2D eigenvalue weighted by atomic mass is 35.5. The number of hydrogen-bond donors (Lipinski definition) is 3. The standard InChI is InChI=1S/C13H18ClNO3/c1-12(2,13(3,4)18)15-11(17)8-5-6-10(16)9(14)7-8/h5-7,16,18H,1-4H3,(H,15,17). The lowest BCUT2D eigenvalue weighted by atomic mass is 9.86. The Bertz CT molecular complexity index is 464. The molecule has 0 aliphatic rings. The average Bonchev–Trinajstić information content (AvgIpc) is 2.19. The molecule has 1 rings (SSSR count). The first-order valence-corrected chi connectivity index (χ1v) is 5.96. The van der Waals surface area contributed by atoms with E-state index in [1.165, 1.54) is 18.2 Å². The molecule has 100 valence electrons. The Kier molecular flexibility index (Phi) is 3.93. The molecule has 1 aromatic rings. The molecule has 0 aromatic heterocycles. The fourth-order valence-electron chi connectivity index (χ4n) is 1.16. The molecule has 1 aromatic carbocycles. The van der Waals surface area contributed by atoms with Crippen LogP contribution in [0.25, 0.3) is 0 Å². The zero-order chi connectivity index (χ0) is 14.1. The molecule has 0 unspecified atom stereocenters. The highest BCUT2D eigenvalue weighted by Gasteiger charge is 2.36. The molecule has 0 aliphatic heterocycles. The number of rotatable bonds is 3. The molecule has 0 saturated heterocycles. The highest BCUT2D eigenvalue weighted by Crippen LogP contribution is 2.25. The second kappa shape index (κ2) is 4.78. The van der Waals surface area contributed by atoms with E-state index in [1.54, 1.807) is 27.7 Å². The maximum absolute atomic E-state index is 12.0. The number of aliphatic hydroxyl groups is 1. The molecule has 4 nitrogen and oxygen atoms in total. The van der Waals surface area contributed by atoms with E-state index >= 15 is 0 Å². The molecule has 1 amide bonds. The van der Waals surface area contributed by atoms with Crippen molar-refractivity contribution in [1.82, 2.24) is 5.32 Å². The number of halogens is 1. The minimum Gasteiger partial charge on any atom is -0.506 e. The van der Waals surface area contributed by atoms with Crippen LogP contribution in [-0.2, 0) is 0 Å². The Balaban J connectivity index is 2.93. The van der Waals surface area contributed by atoms with Gasteiger partial charge in [0.05, 0.1) is 16.2 Å². The van der Waals surface area contributed by atoms with Crippen LogP contribution in [0.15, 0.2) is 18.2 Å². The van der Waals surface area contributed by atoms with Crippen molar-refractivity contribution in [1.29, 1.82) is 0 Å². The van der Waals surface area contributed by atoms with Crippen molar-refractivity contribution in [3.05, 3.63) is 28.8 Å². The van der Waals surface area contributed by atoms with Gasteiger partial charge in [0, 0.05) is 5.56 Å². The highest BCUT2D eigenvalue weighted by molar-refractivity contribution is 6.32. The summed E-state index contributed by atoms with van der Waals surface area (Å²) in [6.07, 6.45) is 0. The Morgan fingerprint density at radius 3 is 2.28 bits per heavy atom. The number of aromatic hydroxyl groups is 1. The number of carbonyl (C=O) groups excluding carboxylic acids is 1. The van der Waals surface area contributed by atoms with Gasteiger partial charge in [-0.3, -0.25) is 4.79 Å². The predicted octanol–water partition coefficient (Wildman–Crippen LogP) is 2.32. The number of nitrogens with one attached hydrogen (secondary N) is 1. The normalized spacial score (nSPS) is 12.3. The van der Waals surface area contributed by atoms with Gasteiger partial charge >= 0.3 is 0 Å². The summed E-state index contributed by atoms with van der Waals surface area (Å²) < 4.78 is 0. The number of carbonyl (C=O) groups is 1. The number of benzene rings is 1. The molecule has 0 heterocycles. The molecule has 0 saturated carbocycles. The van der Waals surface area contributed by atoms with E-state index in [0.717, 1.165) is 0 Å². The molecule has 0 aliphatic carbocycles. The maximum Gasteiger partial charge on any atom is 0.251 e. The number of hydrogen-bond acceptors (Lipinski definition) is 3. The van der Waals surface area contributed by atoms with Gasteiger partial charge in [-0.15, -0.1) is 0 Å². The number of amides is 1. The third-order valence-electron chi connectivity index (χ3n) is 3.17. The quantitative estimate of drug-likeness (QED) is 0.790. The van der Waals surface area contributed by atoms with Crippen LogP contribution in [0.2, 0.25) is 5.02 Å². The van der Waals surface area contributed by atoms with Gasteiger partial charge in [-0.25, -0.2) is 0 Å². The Labute approximate surface area is 112 Å². The van der Waals surface area contributed by atoms with E-state index in [-0.39, 0.29) is 16.7 Å². The van der Waals surface area contributed by atoms with E-state index in [0.29, 0.717) is 5.56 Å². The first kappa shape index (κ1) is 14.8. The van der Waals surface area contributed by atoms with Crippen molar-refractivity contribution in [3.8, 4) is 5.75 Å². The Hall–Kier alpha value is -1.26. The van der Waals surface area contributed by atoms with Crippen LogP contribution < -0.4 is 5.32 Å². The van der Waals surface area contributed by atoms with Gasteiger partial charge in [-0.1, -0.05) is 11.6 Å². The lowest BCUT2D eigenvalue weighted by Crippen LogP contribution is -2.57. The van der Waals surface area contributed by atoms with Crippen LogP contribution in [0.3, 0.4) is 0 Å². The minimum absolute atomic E-state index is 0.0741. The van der Waals surface area contributed by atoms with E-state index in [1.807, 2.05) is 0 Å².